The Hall–Kier alpha value is -2.19. The molecule has 0 spiro atoms. The quantitative estimate of drug-likeness (QED) is 0.679. The van der Waals surface area contributed by atoms with Gasteiger partial charge in [-0.05, 0) is 31.9 Å². The van der Waals surface area contributed by atoms with Crippen molar-refractivity contribution in [3.8, 4) is 11.8 Å². The molecule has 0 saturated heterocycles. The normalized spacial score (nSPS) is 10.5. The third kappa shape index (κ3) is 2.70. The zero-order valence-corrected chi connectivity index (χ0v) is 12.2. The largest absolute Gasteiger partial charge is 0.233 e. The van der Waals surface area contributed by atoms with Crippen LogP contribution in [0.2, 0.25) is 0 Å². The maximum absolute atomic E-state index is 4.40. The summed E-state index contributed by atoms with van der Waals surface area (Å²) in [7, 11) is 0. The molecular weight excluding hydrogens is 268 g/mol. The van der Waals surface area contributed by atoms with E-state index in [0.717, 1.165) is 28.2 Å². The third-order valence-electron chi connectivity index (χ3n) is 2.99. The highest BCUT2D eigenvalue weighted by Gasteiger charge is 2.01. The van der Waals surface area contributed by atoms with E-state index in [1.165, 1.54) is 4.88 Å². The molecule has 2 aromatic heterocycles. The van der Waals surface area contributed by atoms with Crippen LogP contribution in [0.1, 0.15) is 22.0 Å². The lowest BCUT2D eigenvalue weighted by Crippen LogP contribution is -2.00. The van der Waals surface area contributed by atoms with Gasteiger partial charge in [0, 0.05) is 11.3 Å². The number of nitrogens with zero attached hydrogens (tertiary/aromatic N) is 4. The molecule has 3 rings (SSSR count). The van der Waals surface area contributed by atoms with Gasteiger partial charge in [0.25, 0.3) is 0 Å². The van der Waals surface area contributed by atoms with Crippen LogP contribution < -0.4 is 0 Å². The highest BCUT2D eigenvalue weighted by atomic mass is 32.1. The van der Waals surface area contributed by atoms with E-state index in [0.29, 0.717) is 6.54 Å². The Bertz CT molecular complexity index is 751. The van der Waals surface area contributed by atoms with Crippen LogP contribution in [0.4, 0.5) is 0 Å². The number of benzene rings is 1. The fourth-order valence-electron chi connectivity index (χ4n) is 1.82. The summed E-state index contributed by atoms with van der Waals surface area (Å²) in [5.41, 5.74) is 2.91. The molecule has 3 aromatic rings. The van der Waals surface area contributed by atoms with Gasteiger partial charge in [0.2, 0.25) is 0 Å². The molecule has 0 saturated carbocycles. The van der Waals surface area contributed by atoms with Gasteiger partial charge >= 0.3 is 0 Å². The van der Waals surface area contributed by atoms with Crippen molar-refractivity contribution >= 4 is 22.4 Å². The molecule has 0 radical (unpaired) electrons. The van der Waals surface area contributed by atoms with E-state index in [4.69, 9.17) is 0 Å². The second kappa shape index (κ2) is 5.43. The van der Waals surface area contributed by atoms with Crippen LogP contribution in [0.3, 0.4) is 0 Å². The molecule has 5 heteroatoms. The van der Waals surface area contributed by atoms with Gasteiger partial charge in [-0.3, -0.25) is 0 Å². The number of aromatic nitrogens is 4. The molecule has 100 valence electrons. The van der Waals surface area contributed by atoms with Crippen LogP contribution in [0.15, 0.2) is 24.3 Å². The standard InChI is InChI=1S/C15H14N4S/c1-11-12(2)20-15(16-11)9-5-6-10-19-17-13-7-3-4-8-14(13)18-19/h3-4,7-8H,6,10H2,1-2H3. The zero-order chi connectivity index (χ0) is 13.9. The molecule has 4 nitrogen and oxygen atoms in total. The lowest BCUT2D eigenvalue weighted by Gasteiger charge is -1.91. The summed E-state index contributed by atoms with van der Waals surface area (Å²) in [6, 6.07) is 7.86. The number of thiazole rings is 1. The van der Waals surface area contributed by atoms with Crippen LogP contribution in [0.5, 0.6) is 0 Å². The fourth-order valence-corrected chi connectivity index (χ4v) is 2.61. The van der Waals surface area contributed by atoms with E-state index >= 15 is 0 Å². The Balaban J connectivity index is 1.65. The van der Waals surface area contributed by atoms with Crippen molar-refractivity contribution in [3.63, 3.8) is 0 Å². The van der Waals surface area contributed by atoms with Gasteiger partial charge in [-0.25, -0.2) is 4.98 Å². The summed E-state index contributed by atoms with van der Waals surface area (Å²) in [6.45, 7) is 4.78. The van der Waals surface area contributed by atoms with Gasteiger partial charge in [0.15, 0.2) is 5.01 Å². The summed E-state index contributed by atoms with van der Waals surface area (Å²) in [4.78, 5) is 7.33. The Morgan fingerprint density at radius 2 is 1.85 bits per heavy atom. The average Bonchev–Trinajstić information content (AvgIpc) is 2.98. The Labute approximate surface area is 121 Å². The summed E-state index contributed by atoms with van der Waals surface area (Å²) in [5.74, 6) is 6.23. The Morgan fingerprint density at radius 3 is 2.45 bits per heavy atom. The average molecular weight is 282 g/mol. The van der Waals surface area contributed by atoms with Crippen molar-refractivity contribution in [3.05, 3.63) is 39.8 Å². The number of fused-ring (bicyclic) bond motifs is 1. The SMILES string of the molecule is Cc1nc(C#CCCn2nc3ccccc3n2)sc1C. The van der Waals surface area contributed by atoms with Gasteiger partial charge in [-0.1, -0.05) is 18.1 Å². The molecule has 0 amide bonds. The fraction of sp³-hybridized carbons (Fsp3) is 0.267. The second-order valence-corrected chi connectivity index (χ2v) is 5.70. The minimum absolute atomic E-state index is 0.699. The Morgan fingerprint density at radius 1 is 1.15 bits per heavy atom. The van der Waals surface area contributed by atoms with Crippen molar-refractivity contribution in [2.45, 2.75) is 26.8 Å². The predicted molar refractivity (Wildman–Crippen MR) is 80.6 cm³/mol. The summed E-state index contributed by atoms with van der Waals surface area (Å²) in [6.07, 6.45) is 0.721. The molecular formula is C15H14N4S. The lowest BCUT2D eigenvalue weighted by molar-refractivity contribution is 0.555. The topological polar surface area (TPSA) is 43.6 Å². The van der Waals surface area contributed by atoms with Crippen molar-refractivity contribution < 1.29 is 0 Å². The monoisotopic (exact) mass is 282 g/mol. The molecule has 0 unspecified atom stereocenters. The zero-order valence-electron chi connectivity index (χ0n) is 11.4. The molecule has 20 heavy (non-hydrogen) atoms. The summed E-state index contributed by atoms with van der Waals surface area (Å²) >= 11 is 1.64. The van der Waals surface area contributed by atoms with Crippen molar-refractivity contribution in [1.82, 2.24) is 20.0 Å². The van der Waals surface area contributed by atoms with Crippen LogP contribution >= 0.6 is 11.3 Å². The van der Waals surface area contributed by atoms with E-state index in [-0.39, 0.29) is 0 Å². The van der Waals surface area contributed by atoms with Gasteiger partial charge in [-0.15, -0.1) is 11.3 Å². The van der Waals surface area contributed by atoms with Gasteiger partial charge in [0.1, 0.15) is 11.0 Å². The van der Waals surface area contributed by atoms with Crippen molar-refractivity contribution in [2.75, 3.05) is 0 Å². The molecule has 0 aliphatic heterocycles. The second-order valence-electron chi connectivity index (χ2n) is 4.50. The van der Waals surface area contributed by atoms with E-state index in [1.807, 2.05) is 31.2 Å². The smallest absolute Gasteiger partial charge is 0.167 e. The molecule has 0 bridgehead atoms. The maximum Gasteiger partial charge on any atom is 0.167 e. The molecule has 0 fully saturated rings. The van der Waals surface area contributed by atoms with Crippen LogP contribution in [0.25, 0.3) is 11.0 Å². The number of hydrogen-bond donors (Lipinski definition) is 0. The number of aryl methyl sites for hydroxylation is 3. The minimum atomic E-state index is 0.699. The summed E-state index contributed by atoms with van der Waals surface area (Å²) in [5, 5.41) is 9.69. The first kappa shape index (κ1) is 12.8. The molecule has 0 aliphatic rings. The number of rotatable bonds is 2. The third-order valence-corrected chi connectivity index (χ3v) is 3.98. The minimum Gasteiger partial charge on any atom is -0.233 e. The number of hydrogen-bond acceptors (Lipinski definition) is 4. The lowest BCUT2D eigenvalue weighted by atomic mass is 10.3. The van der Waals surface area contributed by atoms with E-state index in [2.05, 4.69) is 33.9 Å². The van der Waals surface area contributed by atoms with E-state index < -0.39 is 0 Å². The first-order valence-corrected chi connectivity index (χ1v) is 7.27. The first-order chi connectivity index (χ1) is 9.72. The van der Waals surface area contributed by atoms with Gasteiger partial charge < -0.3 is 0 Å². The highest BCUT2D eigenvalue weighted by molar-refractivity contribution is 7.12. The molecule has 2 heterocycles. The van der Waals surface area contributed by atoms with E-state index in [9.17, 15) is 0 Å². The first-order valence-electron chi connectivity index (χ1n) is 6.45. The van der Waals surface area contributed by atoms with Crippen LogP contribution in [0, 0.1) is 25.7 Å². The molecule has 1 aromatic carbocycles. The summed E-state index contributed by atoms with van der Waals surface area (Å²) < 4.78 is 0. The van der Waals surface area contributed by atoms with Crippen molar-refractivity contribution in [2.24, 2.45) is 0 Å². The van der Waals surface area contributed by atoms with Gasteiger partial charge in [-0.2, -0.15) is 15.0 Å². The van der Waals surface area contributed by atoms with Gasteiger partial charge in [0.05, 0.1) is 12.2 Å². The molecule has 0 atom stereocenters. The highest BCUT2D eigenvalue weighted by Crippen LogP contribution is 2.15. The maximum atomic E-state index is 4.40. The molecule has 0 aliphatic carbocycles. The van der Waals surface area contributed by atoms with Crippen LogP contribution in [-0.2, 0) is 6.54 Å². The molecule has 0 N–H and O–H groups in total. The Kier molecular flexibility index (Phi) is 3.48. The van der Waals surface area contributed by atoms with Crippen molar-refractivity contribution in [1.29, 1.82) is 0 Å². The van der Waals surface area contributed by atoms with Crippen LogP contribution in [-0.4, -0.2) is 20.0 Å². The predicted octanol–water partition coefficient (Wildman–Crippen LogP) is 2.95. The van der Waals surface area contributed by atoms with E-state index in [1.54, 1.807) is 16.1 Å².